The number of aromatic nitrogens is 2. The maximum absolute atomic E-state index is 12.8. The van der Waals surface area contributed by atoms with Crippen molar-refractivity contribution in [3.63, 3.8) is 0 Å². The van der Waals surface area contributed by atoms with Crippen LogP contribution >= 0.6 is 0 Å². The molecule has 6 nitrogen and oxygen atoms in total. The summed E-state index contributed by atoms with van der Waals surface area (Å²) in [7, 11) is 0. The van der Waals surface area contributed by atoms with Crippen LogP contribution in [-0.4, -0.2) is 60.2 Å². The molecule has 2 aromatic rings. The zero-order valence-electron chi connectivity index (χ0n) is 16.8. The molecule has 0 atom stereocenters. The fourth-order valence-corrected chi connectivity index (χ4v) is 4.06. The van der Waals surface area contributed by atoms with Crippen molar-refractivity contribution in [1.29, 1.82) is 0 Å². The normalized spacial score (nSPS) is 16.1. The number of morpholine rings is 1. The lowest BCUT2D eigenvalue weighted by molar-refractivity contribution is 0.0773. The van der Waals surface area contributed by atoms with Gasteiger partial charge in [0.15, 0.2) is 0 Å². The van der Waals surface area contributed by atoms with Crippen molar-refractivity contribution in [2.45, 2.75) is 33.1 Å². The fraction of sp³-hybridized carbons (Fsp3) is 0.500. The molecule has 4 rings (SSSR count). The van der Waals surface area contributed by atoms with E-state index in [1.54, 1.807) is 0 Å². The second-order valence-corrected chi connectivity index (χ2v) is 7.31. The van der Waals surface area contributed by atoms with Gasteiger partial charge in [0.1, 0.15) is 0 Å². The van der Waals surface area contributed by atoms with E-state index in [1.165, 1.54) is 5.56 Å². The number of fused-ring (bicyclic) bond motifs is 1. The minimum Gasteiger partial charge on any atom is -0.378 e. The van der Waals surface area contributed by atoms with Crippen molar-refractivity contribution in [2.75, 3.05) is 44.3 Å². The highest BCUT2D eigenvalue weighted by Crippen LogP contribution is 2.32. The summed E-state index contributed by atoms with van der Waals surface area (Å²) in [6, 6.07) is 7.91. The Bertz CT molecular complexity index is 858. The van der Waals surface area contributed by atoms with Gasteiger partial charge in [-0.2, -0.15) is 0 Å². The van der Waals surface area contributed by atoms with Crippen LogP contribution in [0, 0.1) is 0 Å². The molecule has 0 saturated carbocycles. The summed E-state index contributed by atoms with van der Waals surface area (Å²) < 4.78 is 5.48. The predicted molar refractivity (Wildman–Crippen MR) is 110 cm³/mol. The highest BCUT2D eigenvalue weighted by molar-refractivity contribution is 5.95. The SMILES string of the molecule is CCN(CC)C(=O)c1cccc(-c2nc(N3CCOCC3)nc3c2CCC3)c1. The number of carbonyl (C=O) groups is 1. The maximum atomic E-state index is 12.8. The molecule has 6 heteroatoms. The Balaban J connectivity index is 1.73. The van der Waals surface area contributed by atoms with Crippen molar-refractivity contribution < 1.29 is 9.53 Å². The summed E-state index contributed by atoms with van der Waals surface area (Å²) in [6.07, 6.45) is 3.12. The smallest absolute Gasteiger partial charge is 0.253 e. The Hall–Kier alpha value is -2.47. The Morgan fingerprint density at radius 2 is 1.93 bits per heavy atom. The van der Waals surface area contributed by atoms with Crippen LogP contribution in [-0.2, 0) is 17.6 Å². The van der Waals surface area contributed by atoms with Gasteiger partial charge in [0.05, 0.1) is 18.9 Å². The molecule has 2 heterocycles. The molecular weight excluding hydrogens is 352 g/mol. The van der Waals surface area contributed by atoms with Crippen LogP contribution in [0.15, 0.2) is 24.3 Å². The summed E-state index contributed by atoms with van der Waals surface area (Å²) in [5.74, 6) is 0.866. The molecule has 0 bridgehead atoms. The molecule has 2 aliphatic rings. The van der Waals surface area contributed by atoms with Crippen LogP contribution in [0.3, 0.4) is 0 Å². The van der Waals surface area contributed by atoms with E-state index in [9.17, 15) is 4.79 Å². The molecule has 1 aliphatic carbocycles. The number of nitrogens with zero attached hydrogens (tertiary/aromatic N) is 4. The lowest BCUT2D eigenvalue weighted by Crippen LogP contribution is -2.37. The number of rotatable bonds is 5. The van der Waals surface area contributed by atoms with Gasteiger partial charge in [-0.25, -0.2) is 9.97 Å². The third kappa shape index (κ3) is 3.61. The van der Waals surface area contributed by atoms with E-state index in [0.29, 0.717) is 26.3 Å². The Kier molecular flexibility index (Phi) is 5.57. The minimum atomic E-state index is 0.0750. The summed E-state index contributed by atoms with van der Waals surface area (Å²) >= 11 is 0. The van der Waals surface area contributed by atoms with Crippen molar-refractivity contribution in [2.24, 2.45) is 0 Å². The van der Waals surface area contributed by atoms with E-state index in [1.807, 2.05) is 36.9 Å². The van der Waals surface area contributed by atoms with Gasteiger partial charge >= 0.3 is 0 Å². The van der Waals surface area contributed by atoms with E-state index in [-0.39, 0.29) is 5.91 Å². The van der Waals surface area contributed by atoms with Crippen LogP contribution in [0.1, 0.15) is 41.9 Å². The standard InChI is InChI=1S/C22H28N4O2/c1-3-25(4-2)21(27)17-8-5-7-16(15-17)20-18-9-6-10-19(18)23-22(24-20)26-11-13-28-14-12-26/h5,7-8,15H,3-4,6,9-14H2,1-2H3. The number of hydrogen-bond acceptors (Lipinski definition) is 5. The number of anilines is 1. The predicted octanol–water partition coefficient (Wildman–Crippen LogP) is 2.95. The third-order valence-electron chi connectivity index (χ3n) is 5.65. The first-order valence-corrected chi connectivity index (χ1v) is 10.3. The van der Waals surface area contributed by atoms with Crippen LogP contribution < -0.4 is 4.90 Å². The molecule has 0 spiro atoms. The number of benzene rings is 1. The van der Waals surface area contributed by atoms with Gasteiger partial charge < -0.3 is 14.5 Å². The van der Waals surface area contributed by atoms with Crippen LogP contribution in [0.25, 0.3) is 11.3 Å². The quantitative estimate of drug-likeness (QED) is 0.798. The van der Waals surface area contributed by atoms with Crippen LogP contribution in [0.5, 0.6) is 0 Å². The lowest BCUT2D eigenvalue weighted by Gasteiger charge is -2.27. The van der Waals surface area contributed by atoms with Crippen molar-refractivity contribution in [1.82, 2.24) is 14.9 Å². The molecule has 1 aliphatic heterocycles. The van der Waals surface area contributed by atoms with Crippen LogP contribution in [0.2, 0.25) is 0 Å². The monoisotopic (exact) mass is 380 g/mol. The van der Waals surface area contributed by atoms with Crippen molar-refractivity contribution in [3.05, 3.63) is 41.1 Å². The maximum Gasteiger partial charge on any atom is 0.253 e. The second kappa shape index (κ2) is 8.27. The second-order valence-electron chi connectivity index (χ2n) is 7.31. The number of ether oxygens (including phenoxy) is 1. The Morgan fingerprint density at radius 1 is 1.14 bits per heavy atom. The zero-order chi connectivity index (χ0) is 19.5. The van der Waals surface area contributed by atoms with Crippen LogP contribution in [0.4, 0.5) is 5.95 Å². The average molecular weight is 380 g/mol. The highest BCUT2D eigenvalue weighted by Gasteiger charge is 2.24. The van der Waals surface area contributed by atoms with E-state index in [2.05, 4.69) is 11.0 Å². The van der Waals surface area contributed by atoms with Gasteiger partial charge in [0.2, 0.25) is 5.95 Å². The van der Waals surface area contributed by atoms with E-state index < -0.39 is 0 Å². The summed E-state index contributed by atoms with van der Waals surface area (Å²) in [5.41, 5.74) is 5.11. The molecule has 1 aromatic carbocycles. The van der Waals surface area contributed by atoms with Crippen molar-refractivity contribution >= 4 is 11.9 Å². The Labute approximate surface area is 166 Å². The summed E-state index contributed by atoms with van der Waals surface area (Å²) in [4.78, 5) is 26.7. The van der Waals surface area contributed by atoms with E-state index in [4.69, 9.17) is 14.7 Å². The van der Waals surface area contributed by atoms with Gasteiger partial charge in [-0.05, 0) is 45.2 Å². The molecular formula is C22H28N4O2. The minimum absolute atomic E-state index is 0.0750. The van der Waals surface area contributed by atoms with Gasteiger partial charge in [-0.1, -0.05) is 12.1 Å². The largest absolute Gasteiger partial charge is 0.378 e. The lowest BCUT2D eigenvalue weighted by atomic mass is 10.0. The zero-order valence-corrected chi connectivity index (χ0v) is 16.8. The van der Waals surface area contributed by atoms with Gasteiger partial charge in [-0.15, -0.1) is 0 Å². The molecule has 148 valence electrons. The van der Waals surface area contributed by atoms with E-state index in [0.717, 1.165) is 60.8 Å². The molecule has 1 fully saturated rings. The Morgan fingerprint density at radius 3 is 2.68 bits per heavy atom. The first-order valence-electron chi connectivity index (χ1n) is 10.3. The fourth-order valence-electron chi connectivity index (χ4n) is 4.06. The summed E-state index contributed by atoms with van der Waals surface area (Å²) in [5, 5.41) is 0. The average Bonchev–Trinajstić information content (AvgIpc) is 3.23. The third-order valence-corrected chi connectivity index (χ3v) is 5.65. The first-order chi connectivity index (χ1) is 13.7. The molecule has 1 amide bonds. The molecule has 0 N–H and O–H groups in total. The number of amides is 1. The molecule has 1 aromatic heterocycles. The van der Waals surface area contributed by atoms with Gasteiger partial charge in [0.25, 0.3) is 5.91 Å². The van der Waals surface area contributed by atoms with E-state index >= 15 is 0 Å². The first kappa shape index (κ1) is 18.9. The van der Waals surface area contributed by atoms with Crippen molar-refractivity contribution in [3.8, 4) is 11.3 Å². The topological polar surface area (TPSA) is 58.6 Å². The summed E-state index contributed by atoms with van der Waals surface area (Å²) in [6.45, 7) is 8.51. The number of carbonyl (C=O) groups excluding carboxylic acids is 1. The van der Waals surface area contributed by atoms with Gasteiger partial charge in [0, 0.05) is 48.6 Å². The molecule has 0 radical (unpaired) electrons. The number of hydrogen-bond donors (Lipinski definition) is 0. The highest BCUT2D eigenvalue weighted by atomic mass is 16.5. The molecule has 28 heavy (non-hydrogen) atoms. The molecule has 1 saturated heterocycles. The number of aryl methyl sites for hydroxylation is 1. The molecule has 0 unspecified atom stereocenters. The van der Waals surface area contributed by atoms with Gasteiger partial charge in [-0.3, -0.25) is 4.79 Å².